The Hall–Kier alpha value is -3.43. The number of likely N-dealkylation sites (tertiary alicyclic amines) is 1. The summed E-state index contributed by atoms with van der Waals surface area (Å²) in [7, 11) is 1.50. The van der Waals surface area contributed by atoms with Gasteiger partial charge >= 0.3 is 0 Å². The van der Waals surface area contributed by atoms with Crippen molar-refractivity contribution in [3.05, 3.63) is 35.9 Å². The van der Waals surface area contributed by atoms with Gasteiger partial charge in [-0.25, -0.2) is 0 Å². The molecule has 2 rings (SSSR count). The van der Waals surface area contributed by atoms with E-state index in [4.69, 9.17) is 0 Å². The number of amides is 5. The van der Waals surface area contributed by atoms with Crippen LogP contribution >= 0.6 is 0 Å². The minimum Gasteiger partial charge on any atom is -0.357 e. The lowest BCUT2D eigenvalue weighted by Gasteiger charge is -2.29. The van der Waals surface area contributed by atoms with Gasteiger partial charge in [-0.05, 0) is 32.3 Å². The zero-order valence-electron chi connectivity index (χ0n) is 19.5. The van der Waals surface area contributed by atoms with Crippen molar-refractivity contribution in [1.82, 2.24) is 26.2 Å². The van der Waals surface area contributed by atoms with Crippen LogP contribution in [0.3, 0.4) is 0 Å². The van der Waals surface area contributed by atoms with E-state index >= 15 is 0 Å². The van der Waals surface area contributed by atoms with Gasteiger partial charge in [-0.3, -0.25) is 24.0 Å². The van der Waals surface area contributed by atoms with Crippen molar-refractivity contribution in [2.24, 2.45) is 0 Å². The Kier molecular flexibility index (Phi) is 9.38. The van der Waals surface area contributed by atoms with Gasteiger partial charge in [-0.15, -0.1) is 0 Å². The van der Waals surface area contributed by atoms with Crippen molar-refractivity contribution in [1.29, 1.82) is 0 Å². The van der Waals surface area contributed by atoms with Crippen LogP contribution in [0, 0.1) is 0 Å². The Balaban J connectivity index is 2.03. The summed E-state index contributed by atoms with van der Waals surface area (Å²) in [5.41, 5.74) is 0.898. The van der Waals surface area contributed by atoms with Crippen LogP contribution in [-0.2, 0) is 30.4 Å². The van der Waals surface area contributed by atoms with Crippen LogP contribution < -0.4 is 21.3 Å². The fourth-order valence-electron chi connectivity index (χ4n) is 3.82. The number of rotatable bonds is 9. The van der Waals surface area contributed by atoms with Gasteiger partial charge in [0.2, 0.25) is 29.5 Å². The van der Waals surface area contributed by atoms with Gasteiger partial charge in [-0.1, -0.05) is 30.3 Å². The van der Waals surface area contributed by atoms with Crippen molar-refractivity contribution >= 4 is 29.5 Å². The molecule has 0 aromatic heterocycles. The van der Waals surface area contributed by atoms with Crippen LogP contribution in [0.2, 0.25) is 0 Å². The quantitative estimate of drug-likeness (QED) is 0.394. The molecule has 0 spiro atoms. The third-order valence-electron chi connectivity index (χ3n) is 5.54. The number of carbonyl (C=O) groups is 5. The van der Waals surface area contributed by atoms with Crippen molar-refractivity contribution in [2.75, 3.05) is 13.6 Å². The molecule has 1 aromatic carbocycles. The first-order valence-electron chi connectivity index (χ1n) is 11.1. The van der Waals surface area contributed by atoms with Crippen molar-refractivity contribution in [3.8, 4) is 0 Å². The molecule has 4 atom stereocenters. The van der Waals surface area contributed by atoms with Crippen LogP contribution in [-0.4, -0.2) is 72.2 Å². The summed E-state index contributed by atoms with van der Waals surface area (Å²) in [5, 5.41) is 10.4. The molecule has 4 N–H and O–H groups in total. The smallest absolute Gasteiger partial charge is 0.245 e. The maximum atomic E-state index is 13.0. The molecule has 0 aliphatic carbocycles. The number of hydrogen-bond donors (Lipinski definition) is 4. The second kappa shape index (κ2) is 12.0. The number of hydrogen-bond acceptors (Lipinski definition) is 5. The van der Waals surface area contributed by atoms with Crippen molar-refractivity contribution in [2.45, 2.75) is 64.2 Å². The van der Waals surface area contributed by atoms with Gasteiger partial charge in [-0.2, -0.15) is 0 Å². The van der Waals surface area contributed by atoms with E-state index < -0.39 is 41.9 Å². The molecule has 5 amide bonds. The normalized spacial score (nSPS) is 17.9. The largest absolute Gasteiger partial charge is 0.357 e. The minimum absolute atomic E-state index is 0.320. The first-order valence-corrected chi connectivity index (χ1v) is 11.1. The van der Waals surface area contributed by atoms with Crippen LogP contribution in [0.15, 0.2) is 30.3 Å². The van der Waals surface area contributed by atoms with E-state index in [-0.39, 0.29) is 11.8 Å². The highest BCUT2D eigenvalue weighted by Gasteiger charge is 2.37. The Bertz CT molecular complexity index is 875. The Morgan fingerprint density at radius 1 is 0.970 bits per heavy atom. The monoisotopic (exact) mass is 459 g/mol. The Morgan fingerprint density at radius 3 is 2.24 bits per heavy atom. The van der Waals surface area contributed by atoms with Gasteiger partial charge in [0.25, 0.3) is 0 Å². The lowest BCUT2D eigenvalue weighted by atomic mass is 10.0. The third kappa shape index (κ3) is 7.30. The Labute approximate surface area is 193 Å². The maximum absolute atomic E-state index is 13.0. The lowest BCUT2D eigenvalue weighted by Crippen LogP contribution is -2.57. The van der Waals surface area contributed by atoms with Gasteiger partial charge in [0, 0.05) is 26.9 Å². The third-order valence-corrected chi connectivity index (χ3v) is 5.54. The fraction of sp³-hybridized carbons (Fsp3) is 0.522. The summed E-state index contributed by atoms with van der Waals surface area (Å²) in [6.07, 6.45) is 1.42. The number of benzene rings is 1. The standard InChI is InChI=1S/C23H33N5O5/c1-14(25-16(3)29)20(30)26-15(2)23(33)28-12-8-11-19(28)22(32)27-18(21(31)24-4)13-17-9-6-5-7-10-17/h5-7,9-10,14-15,18-19H,8,11-13H2,1-4H3,(H,24,31)(H,25,29)(H,26,30)(H,27,32). The van der Waals surface area contributed by atoms with Crippen molar-refractivity contribution in [3.63, 3.8) is 0 Å². The second-order valence-corrected chi connectivity index (χ2v) is 8.21. The van der Waals surface area contributed by atoms with E-state index in [0.717, 1.165) is 5.56 Å². The predicted molar refractivity (Wildman–Crippen MR) is 122 cm³/mol. The van der Waals surface area contributed by atoms with Crippen molar-refractivity contribution < 1.29 is 24.0 Å². The molecule has 33 heavy (non-hydrogen) atoms. The van der Waals surface area contributed by atoms with Crippen LogP contribution in [0.25, 0.3) is 0 Å². The molecule has 1 aliphatic rings. The van der Waals surface area contributed by atoms with Gasteiger partial charge < -0.3 is 26.2 Å². The van der Waals surface area contributed by atoms with E-state index in [1.54, 1.807) is 0 Å². The zero-order chi connectivity index (χ0) is 24.5. The summed E-state index contributed by atoms with van der Waals surface area (Å²) in [6, 6.07) is 6.17. The molecule has 10 nitrogen and oxygen atoms in total. The molecule has 0 saturated carbocycles. The average Bonchev–Trinajstić information content (AvgIpc) is 3.27. The number of nitrogens with one attached hydrogen (secondary N) is 4. The molecular weight excluding hydrogens is 426 g/mol. The summed E-state index contributed by atoms with van der Waals surface area (Å²) in [6.45, 7) is 4.74. The lowest BCUT2D eigenvalue weighted by molar-refractivity contribution is -0.142. The zero-order valence-corrected chi connectivity index (χ0v) is 19.5. The van der Waals surface area contributed by atoms with Crippen LogP contribution in [0.1, 0.15) is 39.2 Å². The van der Waals surface area contributed by atoms with Crippen LogP contribution in [0.4, 0.5) is 0 Å². The van der Waals surface area contributed by atoms with E-state index in [9.17, 15) is 24.0 Å². The topological polar surface area (TPSA) is 137 Å². The minimum atomic E-state index is -0.874. The average molecular weight is 460 g/mol. The highest BCUT2D eigenvalue weighted by molar-refractivity contribution is 5.95. The van der Waals surface area contributed by atoms with Crippen LogP contribution in [0.5, 0.6) is 0 Å². The maximum Gasteiger partial charge on any atom is 0.245 e. The van der Waals surface area contributed by atoms with E-state index in [2.05, 4.69) is 21.3 Å². The molecule has 1 heterocycles. The molecule has 1 fully saturated rings. The highest BCUT2D eigenvalue weighted by Crippen LogP contribution is 2.19. The predicted octanol–water partition coefficient (Wildman–Crippen LogP) is -0.520. The first kappa shape index (κ1) is 25.8. The van der Waals surface area contributed by atoms with E-state index in [1.165, 1.54) is 32.7 Å². The number of nitrogens with zero attached hydrogens (tertiary/aromatic N) is 1. The number of likely N-dealkylation sites (N-methyl/N-ethyl adjacent to an activating group) is 1. The molecule has 4 unspecified atom stereocenters. The molecule has 0 radical (unpaired) electrons. The number of carbonyl (C=O) groups excluding carboxylic acids is 5. The second-order valence-electron chi connectivity index (χ2n) is 8.21. The SMILES string of the molecule is CNC(=O)C(Cc1ccccc1)NC(=O)C1CCCN1C(=O)C(C)NC(=O)C(C)NC(C)=O. The summed E-state index contributed by atoms with van der Waals surface area (Å²) in [5.74, 6) is -1.97. The van der Waals surface area contributed by atoms with Gasteiger partial charge in [0.1, 0.15) is 24.2 Å². The Morgan fingerprint density at radius 2 is 1.64 bits per heavy atom. The molecular formula is C23H33N5O5. The molecule has 1 aromatic rings. The molecule has 1 saturated heterocycles. The molecule has 0 bridgehead atoms. The summed E-state index contributed by atoms with van der Waals surface area (Å²) in [4.78, 5) is 63.2. The highest BCUT2D eigenvalue weighted by atomic mass is 16.2. The molecule has 180 valence electrons. The fourth-order valence-corrected chi connectivity index (χ4v) is 3.82. The summed E-state index contributed by atoms with van der Waals surface area (Å²) >= 11 is 0. The molecule has 10 heteroatoms. The van der Waals surface area contributed by atoms with Gasteiger partial charge in [0.15, 0.2) is 0 Å². The van der Waals surface area contributed by atoms with E-state index in [1.807, 2.05) is 30.3 Å². The summed E-state index contributed by atoms with van der Waals surface area (Å²) < 4.78 is 0. The first-order chi connectivity index (χ1) is 15.6. The molecule has 1 aliphatic heterocycles. The van der Waals surface area contributed by atoms with E-state index in [0.29, 0.717) is 25.8 Å². The van der Waals surface area contributed by atoms with Gasteiger partial charge in [0.05, 0.1) is 0 Å².